The van der Waals surface area contributed by atoms with E-state index in [2.05, 4.69) is 9.88 Å². The summed E-state index contributed by atoms with van der Waals surface area (Å²) in [4.78, 5) is 34.1. The van der Waals surface area contributed by atoms with Crippen molar-refractivity contribution in [3.05, 3.63) is 83.8 Å². The molecular weight excluding hydrogens is 447 g/mol. The van der Waals surface area contributed by atoms with E-state index in [1.165, 1.54) is 23.2 Å². The summed E-state index contributed by atoms with van der Waals surface area (Å²) in [6.07, 6.45) is 0.660. The van der Waals surface area contributed by atoms with Gasteiger partial charge >= 0.3 is 6.09 Å². The van der Waals surface area contributed by atoms with Gasteiger partial charge in [0.15, 0.2) is 0 Å². The highest BCUT2D eigenvalue weighted by atomic mass is 19.1. The van der Waals surface area contributed by atoms with Crippen LogP contribution in [0, 0.1) is 5.82 Å². The maximum atomic E-state index is 13.1. The van der Waals surface area contributed by atoms with Crippen molar-refractivity contribution in [1.29, 1.82) is 0 Å². The first kappa shape index (κ1) is 24.3. The van der Waals surface area contributed by atoms with Crippen LogP contribution in [-0.4, -0.2) is 64.1 Å². The van der Waals surface area contributed by atoms with Gasteiger partial charge in [0.1, 0.15) is 5.82 Å². The van der Waals surface area contributed by atoms with Crippen LogP contribution in [0.3, 0.4) is 0 Å². The molecule has 2 atom stereocenters. The lowest BCUT2D eigenvalue weighted by atomic mass is 10.1. The van der Waals surface area contributed by atoms with Crippen molar-refractivity contribution in [1.82, 2.24) is 14.8 Å². The average Bonchev–Trinajstić information content (AvgIpc) is 2.83. The Morgan fingerprint density at radius 2 is 1.63 bits per heavy atom. The quantitative estimate of drug-likeness (QED) is 0.576. The first-order chi connectivity index (χ1) is 16.7. The van der Waals surface area contributed by atoms with E-state index in [9.17, 15) is 19.1 Å². The van der Waals surface area contributed by atoms with Crippen LogP contribution in [0.1, 0.15) is 29.8 Å². The Morgan fingerprint density at radius 1 is 1.00 bits per heavy atom. The van der Waals surface area contributed by atoms with E-state index in [0.29, 0.717) is 24.3 Å². The molecule has 8 heteroatoms. The van der Waals surface area contributed by atoms with Crippen LogP contribution in [0.2, 0.25) is 0 Å². The normalized spacial score (nSPS) is 18.3. The number of hydrogen-bond donors (Lipinski definition) is 1. The smallest absolute Gasteiger partial charge is 0.407 e. The predicted octanol–water partition coefficient (Wildman–Crippen LogP) is 4.74. The van der Waals surface area contributed by atoms with Crippen LogP contribution in [0.15, 0.2) is 66.9 Å². The second-order valence-electron chi connectivity index (χ2n) is 9.05. The van der Waals surface area contributed by atoms with Crippen molar-refractivity contribution in [2.45, 2.75) is 32.5 Å². The lowest BCUT2D eigenvalue weighted by Crippen LogP contribution is -2.57. The fraction of sp³-hybridized carbons (Fsp3) is 0.296. The van der Waals surface area contributed by atoms with Crippen molar-refractivity contribution < 1.29 is 19.1 Å². The van der Waals surface area contributed by atoms with Crippen LogP contribution >= 0.6 is 0 Å². The predicted molar refractivity (Wildman–Crippen MR) is 133 cm³/mol. The number of anilines is 1. The van der Waals surface area contributed by atoms with Crippen LogP contribution in [0.4, 0.5) is 14.9 Å². The molecule has 1 aliphatic heterocycles. The molecule has 1 aliphatic rings. The number of halogens is 1. The molecule has 0 radical (unpaired) electrons. The standard InChI is InChI=1S/C27H29FN4O3/c1-18-15-31(16-19(2)32(18)27(34)35)17-20-4-11-24(12-5-20)30(3)26(33)22-8-13-25(29-14-22)21-6-9-23(28)10-7-21/h4-14,18-19H,15-17H2,1-3H3,(H,34,35)/t18-,19+. The second kappa shape index (κ2) is 10.2. The SMILES string of the molecule is C[C@@H]1CN(Cc2ccc(N(C)C(=O)c3ccc(-c4ccc(F)cc4)nc3)cc2)C[C@H](C)N1C(=O)O. The van der Waals surface area contributed by atoms with Crippen LogP contribution in [-0.2, 0) is 6.54 Å². The average molecular weight is 477 g/mol. The minimum absolute atomic E-state index is 0.0673. The summed E-state index contributed by atoms with van der Waals surface area (Å²) >= 11 is 0. The molecule has 182 valence electrons. The van der Waals surface area contributed by atoms with Gasteiger partial charge in [0, 0.05) is 56.2 Å². The molecule has 7 nitrogen and oxygen atoms in total. The fourth-order valence-corrected chi connectivity index (χ4v) is 4.64. The summed E-state index contributed by atoms with van der Waals surface area (Å²) in [7, 11) is 1.72. The number of aromatic nitrogens is 1. The lowest BCUT2D eigenvalue weighted by molar-refractivity contribution is 0.0381. The number of carbonyl (C=O) groups is 2. The van der Waals surface area contributed by atoms with Crippen LogP contribution < -0.4 is 4.90 Å². The molecular formula is C27H29FN4O3. The Morgan fingerprint density at radius 3 is 2.17 bits per heavy atom. The highest BCUT2D eigenvalue weighted by Gasteiger charge is 2.32. The first-order valence-electron chi connectivity index (χ1n) is 11.6. The molecule has 35 heavy (non-hydrogen) atoms. The molecule has 1 saturated heterocycles. The highest BCUT2D eigenvalue weighted by Crippen LogP contribution is 2.22. The van der Waals surface area contributed by atoms with Gasteiger partial charge in [-0.1, -0.05) is 12.1 Å². The summed E-state index contributed by atoms with van der Waals surface area (Å²) in [5.41, 5.74) is 3.77. The van der Waals surface area contributed by atoms with Crippen molar-refractivity contribution in [3.63, 3.8) is 0 Å². The number of carbonyl (C=O) groups excluding carboxylic acids is 1. The summed E-state index contributed by atoms with van der Waals surface area (Å²) < 4.78 is 13.1. The van der Waals surface area contributed by atoms with Crippen molar-refractivity contribution >= 4 is 17.7 Å². The van der Waals surface area contributed by atoms with Gasteiger partial charge in [-0.25, -0.2) is 9.18 Å². The molecule has 2 aromatic carbocycles. The van der Waals surface area contributed by atoms with E-state index in [-0.39, 0.29) is 23.8 Å². The van der Waals surface area contributed by atoms with Crippen LogP contribution in [0.25, 0.3) is 11.3 Å². The third kappa shape index (κ3) is 5.49. The number of hydrogen-bond acceptors (Lipinski definition) is 4. The second-order valence-corrected chi connectivity index (χ2v) is 9.05. The van der Waals surface area contributed by atoms with Gasteiger partial charge in [0.05, 0.1) is 11.3 Å². The number of piperazine rings is 1. The lowest BCUT2D eigenvalue weighted by Gasteiger charge is -2.42. The number of carboxylic acid groups (broad SMARTS) is 1. The Labute approximate surface area is 204 Å². The Kier molecular flexibility index (Phi) is 7.12. The zero-order chi connectivity index (χ0) is 25.1. The molecule has 0 saturated carbocycles. The summed E-state index contributed by atoms with van der Waals surface area (Å²) in [5, 5.41) is 9.40. The van der Waals surface area contributed by atoms with E-state index >= 15 is 0 Å². The largest absolute Gasteiger partial charge is 0.465 e. The minimum atomic E-state index is -0.873. The van der Waals surface area contributed by atoms with Crippen molar-refractivity contribution in [3.8, 4) is 11.3 Å². The first-order valence-corrected chi connectivity index (χ1v) is 11.6. The Bertz CT molecular complexity index is 1170. The van der Waals surface area contributed by atoms with Gasteiger partial charge < -0.3 is 14.9 Å². The molecule has 0 bridgehead atoms. The Hall–Kier alpha value is -3.78. The molecule has 3 aromatic rings. The van der Waals surface area contributed by atoms with Crippen LogP contribution in [0.5, 0.6) is 0 Å². The number of benzene rings is 2. The fourth-order valence-electron chi connectivity index (χ4n) is 4.64. The number of rotatable bonds is 5. The topological polar surface area (TPSA) is 77.0 Å². The zero-order valence-electron chi connectivity index (χ0n) is 20.1. The molecule has 2 amide bonds. The number of nitrogens with zero attached hydrogens (tertiary/aromatic N) is 4. The molecule has 0 unspecified atom stereocenters. The monoisotopic (exact) mass is 476 g/mol. The molecule has 2 heterocycles. The highest BCUT2D eigenvalue weighted by molar-refractivity contribution is 6.05. The third-order valence-electron chi connectivity index (χ3n) is 6.40. The van der Waals surface area contributed by atoms with E-state index in [1.807, 2.05) is 38.1 Å². The maximum Gasteiger partial charge on any atom is 0.407 e. The molecule has 0 aliphatic carbocycles. The Balaban J connectivity index is 1.38. The minimum Gasteiger partial charge on any atom is -0.465 e. The molecule has 1 N–H and O–H groups in total. The maximum absolute atomic E-state index is 13.1. The molecule has 1 aromatic heterocycles. The van der Waals surface area contributed by atoms with Crippen molar-refractivity contribution in [2.24, 2.45) is 0 Å². The van der Waals surface area contributed by atoms with Gasteiger partial charge in [-0.3, -0.25) is 14.7 Å². The van der Waals surface area contributed by atoms with Gasteiger partial charge in [-0.15, -0.1) is 0 Å². The summed E-state index contributed by atoms with van der Waals surface area (Å²) in [6.45, 7) is 5.94. The third-order valence-corrected chi connectivity index (χ3v) is 6.40. The molecule has 1 fully saturated rings. The molecule has 4 rings (SSSR count). The zero-order valence-corrected chi connectivity index (χ0v) is 20.1. The van der Waals surface area contributed by atoms with Gasteiger partial charge in [0.25, 0.3) is 5.91 Å². The summed E-state index contributed by atoms with van der Waals surface area (Å²) in [6, 6.07) is 17.2. The molecule has 0 spiro atoms. The van der Waals surface area contributed by atoms with E-state index in [0.717, 1.165) is 23.4 Å². The summed E-state index contributed by atoms with van der Waals surface area (Å²) in [5.74, 6) is -0.485. The van der Waals surface area contributed by atoms with Gasteiger partial charge in [0.2, 0.25) is 0 Å². The number of pyridine rings is 1. The van der Waals surface area contributed by atoms with Gasteiger partial charge in [-0.05, 0) is 67.9 Å². The number of amides is 2. The van der Waals surface area contributed by atoms with E-state index in [1.54, 1.807) is 36.2 Å². The van der Waals surface area contributed by atoms with E-state index < -0.39 is 6.09 Å². The van der Waals surface area contributed by atoms with E-state index in [4.69, 9.17) is 0 Å². The van der Waals surface area contributed by atoms with Crippen molar-refractivity contribution in [2.75, 3.05) is 25.0 Å². The van der Waals surface area contributed by atoms with Gasteiger partial charge in [-0.2, -0.15) is 0 Å².